The maximum absolute atomic E-state index is 13.1. The van der Waals surface area contributed by atoms with Gasteiger partial charge in [-0.05, 0) is 48.1 Å². The van der Waals surface area contributed by atoms with Gasteiger partial charge >= 0.3 is 5.97 Å². The number of ketones is 2. The number of unbranched alkanes of at least 4 members (excludes halogenated alkanes) is 5. The van der Waals surface area contributed by atoms with Crippen LogP contribution in [0.1, 0.15) is 75.0 Å². The van der Waals surface area contributed by atoms with Gasteiger partial charge in [-0.15, -0.1) is 0 Å². The Labute approximate surface area is 238 Å². The van der Waals surface area contributed by atoms with E-state index in [4.69, 9.17) is 9.47 Å². The summed E-state index contributed by atoms with van der Waals surface area (Å²) in [5.74, 6) is -0.890. The number of benzene rings is 3. The quantitative estimate of drug-likeness (QED) is 0.0896. The molecule has 3 aromatic carbocycles. The summed E-state index contributed by atoms with van der Waals surface area (Å²) in [6.45, 7) is 2.36. The van der Waals surface area contributed by atoms with Crippen molar-refractivity contribution >= 4 is 17.5 Å². The zero-order valence-corrected chi connectivity index (χ0v) is 23.6. The second-order valence-corrected chi connectivity index (χ2v) is 10.1. The van der Waals surface area contributed by atoms with Crippen LogP contribution in [0.15, 0.2) is 84.9 Å². The highest BCUT2D eigenvalue weighted by Gasteiger charge is 2.29. The number of aryl methyl sites for hydroxylation is 1. The fourth-order valence-corrected chi connectivity index (χ4v) is 4.37. The lowest BCUT2D eigenvalue weighted by atomic mass is 10.00. The van der Waals surface area contributed by atoms with Gasteiger partial charge in [0.15, 0.2) is 11.6 Å². The van der Waals surface area contributed by atoms with Crippen molar-refractivity contribution in [3.8, 4) is 5.75 Å². The molecule has 3 aromatic rings. The molecule has 0 spiro atoms. The first-order chi connectivity index (χ1) is 19.5. The zero-order valence-electron chi connectivity index (χ0n) is 23.6. The van der Waals surface area contributed by atoms with Crippen LogP contribution in [0, 0.1) is 6.42 Å². The van der Waals surface area contributed by atoms with Crippen LogP contribution in [0.4, 0.5) is 0 Å². The van der Waals surface area contributed by atoms with E-state index >= 15 is 0 Å². The van der Waals surface area contributed by atoms with Crippen LogP contribution in [0.3, 0.4) is 0 Å². The first kappa shape index (κ1) is 30.8. The summed E-state index contributed by atoms with van der Waals surface area (Å²) in [5.41, 5.74) is 3.04. The Morgan fingerprint density at radius 3 is 2.00 bits per heavy atom. The van der Waals surface area contributed by atoms with E-state index in [2.05, 4.69) is 6.92 Å². The first-order valence-electron chi connectivity index (χ1n) is 14.4. The summed E-state index contributed by atoms with van der Waals surface area (Å²) in [7, 11) is 0. The van der Waals surface area contributed by atoms with Crippen molar-refractivity contribution < 1.29 is 23.9 Å². The Morgan fingerprint density at radius 1 is 0.700 bits per heavy atom. The molecule has 0 aliphatic rings. The lowest BCUT2D eigenvalue weighted by molar-refractivity contribution is -0.147. The third kappa shape index (κ3) is 11.6. The molecule has 0 aromatic heterocycles. The molecule has 1 atom stereocenters. The highest BCUT2D eigenvalue weighted by molar-refractivity contribution is 6.09. The third-order valence-corrected chi connectivity index (χ3v) is 6.75. The molecule has 0 heterocycles. The Hall–Kier alpha value is -3.73. The predicted octanol–water partition coefficient (Wildman–Crippen LogP) is 7.45. The van der Waals surface area contributed by atoms with Gasteiger partial charge in [0.2, 0.25) is 6.10 Å². The molecule has 40 heavy (non-hydrogen) atoms. The highest BCUT2D eigenvalue weighted by Crippen LogP contribution is 2.19. The average Bonchev–Trinajstić information content (AvgIpc) is 3.00. The number of carbonyl (C=O) groups excluding carboxylic acids is 3. The molecule has 0 saturated carbocycles. The van der Waals surface area contributed by atoms with Gasteiger partial charge in [-0.2, -0.15) is 0 Å². The van der Waals surface area contributed by atoms with Crippen LogP contribution in [0.5, 0.6) is 5.75 Å². The van der Waals surface area contributed by atoms with E-state index in [1.165, 1.54) is 44.1 Å². The van der Waals surface area contributed by atoms with Crippen molar-refractivity contribution in [2.24, 2.45) is 0 Å². The van der Waals surface area contributed by atoms with Gasteiger partial charge in [0.1, 0.15) is 12.4 Å². The van der Waals surface area contributed by atoms with Gasteiger partial charge in [0.05, 0.1) is 6.42 Å². The number of esters is 1. The molecule has 1 radical (unpaired) electrons. The average molecular weight is 542 g/mol. The Balaban J connectivity index is 1.55. The molecular weight excluding hydrogens is 500 g/mol. The smallest absolute Gasteiger partial charge is 0.306 e. The molecule has 5 nitrogen and oxygen atoms in total. The fraction of sp³-hybridized carbons (Fsp3) is 0.371. The standard InChI is InChI=1S/C35H41O5/c1-2-3-4-5-6-9-16-29-19-22-31(23-20-29)40-35(32(36)24-21-28-14-10-7-11-15-28)33(37)25-26-34(38)39-27-30-17-12-8-13-18-30/h7-8,10-15,17-20,22-24,35H,2-6,9,16,21,25-27H2,1H3. The molecule has 0 amide bonds. The summed E-state index contributed by atoms with van der Waals surface area (Å²) in [6, 6.07) is 26.5. The molecule has 1 unspecified atom stereocenters. The molecule has 0 aliphatic carbocycles. The van der Waals surface area contributed by atoms with E-state index in [9.17, 15) is 14.4 Å². The largest absolute Gasteiger partial charge is 0.475 e. The van der Waals surface area contributed by atoms with Crippen molar-refractivity contribution in [2.45, 2.75) is 83.8 Å². The Bertz CT molecular complexity index is 1160. The van der Waals surface area contributed by atoms with Crippen LogP contribution in [-0.2, 0) is 38.6 Å². The molecule has 0 aliphatic heterocycles. The number of Topliss-reactive ketones (excluding diaryl/α,β-unsaturated/α-hetero) is 2. The maximum Gasteiger partial charge on any atom is 0.306 e. The molecule has 0 N–H and O–H groups in total. The van der Waals surface area contributed by atoms with Crippen molar-refractivity contribution in [1.29, 1.82) is 0 Å². The zero-order chi connectivity index (χ0) is 28.4. The molecule has 211 valence electrons. The van der Waals surface area contributed by atoms with E-state index in [1.807, 2.05) is 84.9 Å². The molecule has 0 saturated heterocycles. The van der Waals surface area contributed by atoms with Gasteiger partial charge in [-0.3, -0.25) is 14.4 Å². The maximum atomic E-state index is 13.1. The number of carbonyl (C=O) groups is 3. The normalized spacial score (nSPS) is 11.5. The Morgan fingerprint density at radius 2 is 1.32 bits per heavy atom. The first-order valence-corrected chi connectivity index (χ1v) is 14.4. The molecule has 3 rings (SSSR count). The number of ether oxygens (including phenoxy) is 2. The van der Waals surface area contributed by atoms with Gasteiger partial charge in [-0.1, -0.05) is 112 Å². The Kier molecular flexibility index (Phi) is 13.7. The minimum atomic E-state index is -1.31. The van der Waals surface area contributed by atoms with E-state index in [0.717, 1.165) is 24.0 Å². The highest BCUT2D eigenvalue weighted by atomic mass is 16.5. The van der Waals surface area contributed by atoms with E-state index in [1.54, 1.807) is 0 Å². The van der Waals surface area contributed by atoms with Crippen LogP contribution >= 0.6 is 0 Å². The third-order valence-electron chi connectivity index (χ3n) is 6.75. The predicted molar refractivity (Wildman–Crippen MR) is 158 cm³/mol. The molecule has 5 heteroatoms. The molecular formula is C35H41O5. The lowest BCUT2D eigenvalue weighted by Crippen LogP contribution is -2.36. The minimum absolute atomic E-state index is 0.116. The second kappa shape index (κ2) is 17.8. The fourth-order valence-electron chi connectivity index (χ4n) is 4.37. The summed E-state index contributed by atoms with van der Waals surface area (Å²) < 4.78 is 11.2. The van der Waals surface area contributed by atoms with Crippen molar-refractivity contribution in [3.63, 3.8) is 0 Å². The summed E-state index contributed by atoms with van der Waals surface area (Å²) in [6.07, 6.45) is 8.75. The van der Waals surface area contributed by atoms with E-state index in [0.29, 0.717) is 12.2 Å². The van der Waals surface area contributed by atoms with Gasteiger partial charge < -0.3 is 9.47 Å². The van der Waals surface area contributed by atoms with Crippen LogP contribution < -0.4 is 4.74 Å². The van der Waals surface area contributed by atoms with Crippen molar-refractivity contribution in [1.82, 2.24) is 0 Å². The van der Waals surface area contributed by atoms with Crippen molar-refractivity contribution in [3.05, 3.63) is 108 Å². The minimum Gasteiger partial charge on any atom is -0.475 e. The summed E-state index contributed by atoms with van der Waals surface area (Å²) in [4.78, 5) is 38.5. The van der Waals surface area contributed by atoms with Crippen LogP contribution in [0.2, 0.25) is 0 Å². The van der Waals surface area contributed by atoms with Gasteiger partial charge in [0, 0.05) is 12.8 Å². The summed E-state index contributed by atoms with van der Waals surface area (Å²) >= 11 is 0. The molecule has 0 fully saturated rings. The number of hydrogen-bond donors (Lipinski definition) is 0. The lowest BCUT2D eigenvalue weighted by Gasteiger charge is -2.17. The number of rotatable bonds is 19. The second-order valence-electron chi connectivity index (χ2n) is 10.1. The van der Waals surface area contributed by atoms with E-state index in [-0.39, 0.29) is 19.4 Å². The summed E-state index contributed by atoms with van der Waals surface area (Å²) in [5, 5.41) is 0. The SMILES string of the molecule is CCCCCCCCc1ccc(OC(C(=O)[CH]Cc2ccccc2)C(=O)CCC(=O)OCc2ccccc2)cc1. The monoisotopic (exact) mass is 541 g/mol. The van der Waals surface area contributed by atoms with Gasteiger partial charge in [0.25, 0.3) is 0 Å². The van der Waals surface area contributed by atoms with Crippen LogP contribution in [-0.4, -0.2) is 23.6 Å². The van der Waals surface area contributed by atoms with Crippen LogP contribution in [0.25, 0.3) is 0 Å². The number of hydrogen-bond acceptors (Lipinski definition) is 5. The van der Waals surface area contributed by atoms with E-state index < -0.39 is 23.6 Å². The molecule has 0 bridgehead atoms. The topological polar surface area (TPSA) is 69.7 Å². The van der Waals surface area contributed by atoms with Crippen molar-refractivity contribution in [2.75, 3.05) is 0 Å². The van der Waals surface area contributed by atoms with Gasteiger partial charge in [-0.25, -0.2) is 0 Å².